The summed E-state index contributed by atoms with van der Waals surface area (Å²) < 4.78 is 34.6. The van der Waals surface area contributed by atoms with Gasteiger partial charge in [-0.3, -0.25) is 0 Å². The predicted octanol–water partition coefficient (Wildman–Crippen LogP) is 3.43. The Morgan fingerprint density at radius 3 is 2.36 bits per heavy atom. The fourth-order valence-corrected chi connectivity index (χ4v) is 3.39. The Kier molecular flexibility index (Phi) is 3.71. The number of primary sulfonamides is 1. The molecule has 4 rings (SSSR count). The highest BCUT2D eigenvalue weighted by Gasteiger charge is 2.24. The Morgan fingerprint density at radius 2 is 1.68 bits per heavy atom. The van der Waals surface area contributed by atoms with Crippen molar-refractivity contribution in [3.8, 4) is 5.75 Å². The second-order valence-corrected chi connectivity index (χ2v) is 7.30. The Balaban J connectivity index is 1.84. The molecule has 1 aliphatic rings. The van der Waals surface area contributed by atoms with Crippen molar-refractivity contribution in [1.29, 1.82) is 0 Å². The summed E-state index contributed by atoms with van der Waals surface area (Å²) in [6.45, 7) is 0. The number of allylic oxidation sites excluding steroid dienone is 1. The number of rotatable bonds is 3. The highest BCUT2D eigenvalue weighted by atomic mass is 32.2. The summed E-state index contributed by atoms with van der Waals surface area (Å²) in [7, 11) is -3.73. The van der Waals surface area contributed by atoms with Gasteiger partial charge in [0.05, 0.1) is 11.2 Å². The zero-order chi connectivity index (χ0) is 17.4. The van der Waals surface area contributed by atoms with Crippen LogP contribution in [0.3, 0.4) is 0 Å². The summed E-state index contributed by atoms with van der Waals surface area (Å²) in [5.74, 6) is 2.15. The quantitative estimate of drug-likeness (QED) is 0.782. The van der Waals surface area contributed by atoms with Crippen LogP contribution in [0.25, 0.3) is 11.3 Å². The van der Waals surface area contributed by atoms with Gasteiger partial charge in [0.1, 0.15) is 17.3 Å². The van der Waals surface area contributed by atoms with E-state index in [1.54, 1.807) is 18.4 Å². The lowest BCUT2D eigenvalue weighted by molar-refractivity contribution is 0.493. The summed E-state index contributed by atoms with van der Waals surface area (Å²) >= 11 is 0. The largest absolute Gasteiger partial charge is 0.465 e. The summed E-state index contributed by atoms with van der Waals surface area (Å²) in [6, 6.07) is 17.8. The first-order valence-electron chi connectivity index (χ1n) is 7.68. The molecule has 126 valence electrons. The van der Waals surface area contributed by atoms with Gasteiger partial charge in [0.2, 0.25) is 10.0 Å². The van der Waals surface area contributed by atoms with Gasteiger partial charge in [-0.05, 0) is 48.0 Å². The van der Waals surface area contributed by atoms with Crippen molar-refractivity contribution < 1.29 is 17.6 Å². The summed E-state index contributed by atoms with van der Waals surface area (Å²) in [5, 5.41) is 5.17. The van der Waals surface area contributed by atoms with E-state index in [2.05, 4.69) is 0 Å². The summed E-state index contributed by atoms with van der Waals surface area (Å²) in [5.41, 5.74) is 2.74. The molecule has 1 aliphatic heterocycles. The minimum absolute atomic E-state index is 0.0626. The molecule has 0 atom stereocenters. The number of ether oxygens (including phenoxy) is 1. The molecule has 0 fully saturated rings. The van der Waals surface area contributed by atoms with Crippen molar-refractivity contribution in [2.24, 2.45) is 5.14 Å². The number of nitrogens with two attached hydrogens (primary N) is 1. The summed E-state index contributed by atoms with van der Waals surface area (Å²) in [6.07, 6.45) is 2.28. The van der Waals surface area contributed by atoms with E-state index in [0.29, 0.717) is 12.2 Å². The van der Waals surface area contributed by atoms with Crippen LogP contribution < -0.4 is 9.88 Å². The minimum Gasteiger partial charge on any atom is -0.465 e. The van der Waals surface area contributed by atoms with E-state index in [0.717, 1.165) is 28.2 Å². The van der Waals surface area contributed by atoms with Crippen LogP contribution in [0.5, 0.6) is 5.75 Å². The highest BCUT2D eigenvalue weighted by Crippen LogP contribution is 2.39. The number of hydrogen-bond donors (Lipinski definition) is 1. The first kappa shape index (κ1) is 15.7. The molecule has 3 aromatic rings. The molecule has 25 heavy (non-hydrogen) atoms. The normalized spacial score (nSPS) is 14.1. The Hall–Kier alpha value is -2.83. The molecule has 2 N–H and O–H groups in total. The number of benzene rings is 2. The molecule has 1 aromatic heterocycles. The van der Waals surface area contributed by atoms with E-state index in [1.165, 1.54) is 12.1 Å². The van der Waals surface area contributed by atoms with Crippen LogP contribution in [0.4, 0.5) is 0 Å². The molecule has 5 nitrogen and oxygen atoms in total. The van der Waals surface area contributed by atoms with Crippen molar-refractivity contribution >= 4 is 21.4 Å². The predicted molar refractivity (Wildman–Crippen MR) is 94.1 cm³/mol. The van der Waals surface area contributed by atoms with Crippen LogP contribution in [0, 0.1) is 0 Å². The molecule has 0 aliphatic carbocycles. The smallest absolute Gasteiger partial charge is 0.238 e. The topological polar surface area (TPSA) is 82.5 Å². The molecule has 0 radical (unpaired) electrons. The van der Waals surface area contributed by atoms with Gasteiger partial charge in [-0.2, -0.15) is 0 Å². The third-order valence-corrected chi connectivity index (χ3v) is 5.02. The standard InChI is InChI=1S/C19H15NO4S/c20-25(21,22)15-9-7-13(8-10-15)19-16(18-6-3-11-23-18)12-14-4-1-2-5-17(14)24-19/h1-11H,12H2,(H2,20,21,22). The van der Waals surface area contributed by atoms with E-state index in [1.807, 2.05) is 36.4 Å². The molecule has 6 heteroatoms. The van der Waals surface area contributed by atoms with Crippen molar-refractivity contribution in [3.05, 3.63) is 83.8 Å². The molecule has 0 saturated heterocycles. The van der Waals surface area contributed by atoms with Crippen LogP contribution in [0.1, 0.15) is 16.9 Å². The van der Waals surface area contributed by atoms with Crippen LogP contribution in [-0.4, -0.2) is 8.42 Å². The maximum absolute atomic E-state index is 11.5. The van der Waals surface area contributed by atoms with Crippen LogP contribution in [-0.2, 0) is 16.4 Å². The number of sulfonamides is 1. The van der Waals surface area contributed by atoms with Gasteiger partial charge < -0.3 is 9.15 Å². The first-order chi connectivity index (χ1) is 12.0. The Morgan fingerprint density at radius 1 is 0.920 bits per heavy atom. The van der Waals surface area contributed by atoms with Gasteiger partial charge >= 0.3 is 0 Å². The van der Waals surface area contributed by atoms with Crippen LogP contribution in [0.15, 0.2) is 76.2 Å². The Labute approximate surface area is 145 Å². The minimum atomic E-state index is -3.73. The molecule has 2 aromatic carbocycles. The lowest BCUT2D eigenvalue weighted by Crippen LogP contribution is -2.12. The van der Waals surface area contributed by atoms with Crippen molar-refractivity contribution in [2.75, 3.05) is 0 Å². The second kappa shape index (κ2) is 5.91. The van der Waals surface area contributed by atoms with E-state index in [9.17, 15) is 8.42 Å². The lowest BCUT2D eigenvalue weighted by atomic mass is 9.96. The van der Waals surface area contributed by atoms with E-state index in [4.69, 9.17) is 14.3 Å². The first-order valence-corrected chi connectivity index (χ1v) is 9.23. The molecule has 0 bridgehead atoms. The maximum atomic E-state index is 11.5. The third-order valence-electron chi connectivity index (χ3n) is 4.09. The average Bonchev–Trinajstić information content (AvgIpc) is 3.14. The SMILES string of the molecule is NS(=O)(=O)c1ccc(C2=C(c3ccco3)Cc3ccccc3O2)cc1. The van der Waals surface area contributed by atoms with Crippen molar-refractivity contribution in [1.82, 2.24) is 0 Å². The molecular weight excluding hydrogens is 338 g/mol. The third kappa shape index (κ3) is 2.97. The van der Waals surface area contributed by atoms with E-state index >= 15 is 0 Å². The highest BCUT2D eigenvalue weighted by molar-refractivity contribution is 7.89. The molecule has 0 unspecified atom stereocenters. The number of furan rings is 1. The lowest BCUT2D eigenvalue weighted by Gasteiger charge is -2.23. The van der Waals surface area contributed by atoms with Gasteiger partial charge in [0.15, 0.2) is 0 Å². The zero-order valence-corrected chi connectivity index (χ0v) is 14.0. The fraction of sp³-hybridized carbons (Fsp3) is 0.0526. The molecule has 0 spiro atoms. The Bertz CT molecular complexity index is 1050. The fourth-order valence-electron chi connectivity index (χ4n) is 2.87. The van der Waals surface area contributed by atoms with Gasteiger partial charge in [-0.15, -0.1) is 0 Å². The molecular formula is C19H15NO4S. The maximum Gasteiger partial charge on any atom is 0.238 e. The number of hydrogen-bond acceptors (Lipinski definition) is 4. The van der Waals surface area contributed by atoms with Crippen LogP contribution in [0.2, 0.25) is 0 Å². The van der Waals surface area contributed by atoms with E-state index in [-0.39, 0.29) is 4.90 Å². The summed E-state index contributed by atoms with van der Waals surface area (Å²) in [4.78, 5) is 0.0626. The monoisotopic (exact) mass is 353 g/mol. The van der Waals surface area contributed by atoms with Gasteiger partial charge in [-0.25, -0.2) is 13.6 Å². The van der Waals surface area contributed by atoms with Gasteiger partial charge in [0.25, 0.3) is 0 Å². The zero-order valence-electron chi connectivity index (χ0n) is 13.2. The molecule has 2 heterocycles. The average molecular weight is 353 g/mol. The van der Waals surface area contributed by atoms with Crippen LogP contribution >= 0.6 is 0 Å². The van der Waals surface area contributed by atoms with Gasteiger partial charge in [0, 0.05) is 17.6 Å². The van der Waals surface area contributed by atoms with E-state index < -0.39 is 10.0 Å². The second-order valence-electron chi connectivity index (χ2n) is 5.74. The van der Waals surface area contributed by atoms with Crippen molar-refractivity contribution in [2.45, 2.75) is 11.3 Å². The van der Waals surface area contributed by atoms with Gasteiger partial charge in [-0.1, -0.05) is 18.2 Å². The van der Waals surface area contributed by atoms with Crippen molar-refractivity contribution in [3.63, 3.8) is 0 Å². The molecule has 0 saturated carbocycles. The number of para-hydroxylation sites is 1. The number of fused-ring (bicyclic) bond motifs is 1. The molecule has 0 amide bonds.